The zero-order chi connectivity index (χ0) is 11.6. The van der Waals surface area contributed by atoms with Gasteiger partial charge >= 0.3 is 6.01 Å². The summed E-state index contributed by atoms with van der Waals surface area (Å²) < 4.78 is 5.36. The molecule has 86 valence electrons. The van der Waals surface area contributed by atoms with E-state index in [1.807, 2.05) is 13.8 Å². The third-order valence-corrected chi connectivity index (χ3v) is 2.54. The van der Waals surface area contributed by atoms with Crippen LogP contribution in [0.4, 0.5) is 6.01 Å². The Labute approximate surface area is 94.0 Å². The molecule has 15 heavy (non-hydrogen) atoms. The summed E-state index contributed by atoms with van der Waals surface area (Å²) >= 11 is 5.81. The van der Waals surface area contributed by atoms with E-state index in [1.54, 1.807) is 18.9 Å². The number of halogens is 1. The molecule has 0 aliphatic heterocycles. The number of rotatable bonds is 4. The average Bonchev–Trinajstić information content (AvgIpc) is 2.65. The lowest BCUT2D eigenvalue weighted by Crippen LogP contribution is -2.44. The molecule has 1 heterocycles. The number of aromatic nitrogens is 2. The van der Waals surface area contributed by atoms with Crippen molar-refractivity contribution in [3.63, 3.8) is 0 Å². The zero-order valence-corrected chi connectivity index (χ0v) is 10.1. The molecule has 1 unspecified atom stereocenters. The van der Waals surface area contributed by atoms with Gasteiger partial charge in [0.25, 0.3) is 0 Å². The van der Waals surface area contributed by atoms with Crippen molar-refractivity contribution in [1.82, 2.24) is 10.2 Å². The molecule has 0 fully saturated rings. The maximum atomic E-state index is 9.18. The summed E-state index contributed by atoms with van der Waals surface area (Å²) in [7, 11) is 1.78. The molecule has 0 amide bonds. The summed E-state index contributed by atoms with van der Waals surface area (Å²) in [6.07, 6.45) is 0. The van der Waals surface area contributed by atoms with Gasteiger partial charge in [-0.1, -0.05) is 5.10 Å². The molecule has 5 nitrogen and oxygen atoms in total. The van der Waals surface area contributed by atoms with Crippen LogP contribution in [0.15, 0.2) is 4.42 Å². The molecule has 0 saturated heterocycles. The standard InChI is InChI=1S/C9H16ClN3O2/c1-6(10)7-11-12-8(15-7)13(4)9(2,3)5-14/h6,14H,5H2,1-4H3. The minimum absolute atomic E-state index is 0.00234. The lowest BCUT2D eigenvalue weighted by molar-refractivity contribution is 0.211. The Morgan fingerprint density at radius 2 is 2.13 bits per heavy atom. The third kappa shape index (κ3) is 2.60. The number of hydrogen-bond acceptors (Lipinski definition) is 5. The van der Waals surface area contributed by atoms with Crippen LogP contribution in [-0.4, -0.2) is 34.5 Å². The molecular formula is C9H16ClN3O2. The molecule has 1 atom stereocenters. The molecule has 0 aliphatic carbocycles. The second-order valence-electron chi connectivity index (χ2n) is 4.07. The molecule has 1 aromatic heterocycles. The average molecular weight is 234 g/mol. The van der Waals surface area contributed by atoms with Gasteiger partial charge in [0.2, 0.25) is 5.89 Å². The lowest BCUT2D eigenvalue weighted by atomic mass is 10.1. The van der Waals surface area contributed by atoms with Gasteiger partial charge < -0.3 is 14.4 Å². The van der Waals surface area contributed by atoms with Crippen LogP contribution in [0.2, 0.25) is 0 Å². The Morgan fingerprint density at radius 1 is 1.53 bits per heavy atom. The summed E-state index contributed by atoms with van der Waals surface area (Å²) in [6, 6.07) is 0.358. The first-order valence-corrected chi connectivity index (χ1v) is 5.14. The van der Waals surface area contributed by atoms with Gasteiger partial charge in [0.05, 0.1) is 12.1 Å². The van der Waals surface area contributed by atoms with E-state index in [9.17, 15) is 5.11 Å². The Bertz CT molecular complexity index is 325. The van der Waals surface area contributed by atoms with Gasteiger partial charge in [-0.25, -0.2) is 0 Å². The molecule has 0 saturated carbocycles. The van der Waals surface area contributed by atoms with Crippen LogP contribution in [0.3, 0.4) is 0 Å². The van der Waals surface area contributed by atoms with Gasteiger partial charge in [0.15, 0.2) is 0 Å². The van der Waals surface area contributed by atoms with E-state index >= 15 is 0 Å². The molecule has 0 aromatic carbocycles. The minimum atomic E-state index is -0.445. The van der Waals surface area contributed by atoms with Gasteiger partial charge in [0.1, 0.15) is 5.38 Å². The first kappa shape index (κ1) is 12.3. The normalized spacial score (nSPS) is 14.0. The number of hydrogen-bond donors (Lipinski definition) is 1. The first-order valence-electron chi connectivity index (χ1n) is 4.70. The topological polar surface area (TPSA) is 62.4 Å². The Morgan fingerprint density at radius 3 is 2.53 bits per heavy atom. The minimum Gasteiger partial charge on any atom is -0.406 e. The number of aliphatic hydroxyl groups excluding tert-OH is 1. The van der Waals surface area contributed by atoms with E-state index < -0.39 is 5.54 Å². The molecule has 0 bridgehead atoms. The predicted molar refractivity (Wildman–Crippen MR) is 58.1 cm³/mol. The fraction of sp³-hybridized carbons (Fsp3) is 0.778. The highest BCUT2D eigenvalue weighted by molar-refractivity contribution is 6.20. The van der Waals surface area contributed by atoms with Crippen molar-refractivity contribution in [2.24, 2.45) is 0 Å². The maximum absolute atomic E-state index is 9.18. The van der Waals surface area contributed by atoms with Gasteiger partial charge in [-0.2, -0.15) is 0 Å². The molecular weight excluding hydrogens is 218 g/mol. The van der Waals surface area contributed by atoms with Crippen LogP contribution in [-0.2, 0) is 0 Å². The SMILES string of the molecule is CC(Cl)c1nnc(N(C)C(C)(C)CO)o1. The maximum Gasteiger partial charge on any atom is 0.318 e. The Hall–Kier alpha value is -0.810. The number of likely N-dealkylation sites (N-methyl/N-ethyl adjacent to an activating group) is 1. The quantitative estimate of drug-likeness (QED) is 0.800. The van der Waals surface area contributed by atoms with Crippen LogP contribution >= 0.6 is 11.6 Å². The molecule has 1 rings (SSSR count). The molecule has 0 spiro atoms. The highest BCUT2D eigenvalue weighted by Gasteiger charge is 2.27. The van der Waals surface area contributed by atoms with Crippen LogP contribution in [0.1, 0.15) is 32.0 Å². The fourth-order valence-electron chi connectivity index (χ4n) is 0.888. The molecule has 1 aromatic rings. The van der Waals surface area contributed by atoms with E-state index in [1.165, 1.54) is 0 Å². The summed E-state index contributed by atoms with van der Waals surface area (Å²) in [4.78, 5) is 1.72. The summed E-state index contributed by atoms with van der Waals surface area (Å²) in [6.45, 7) is 5.51. The predicted octanol–water partition coefficient (Wildman–Crippen LogP) is 1.58. The van der Waals surface area contributed by atoms with E-state index in [2.05, 4.69) is 10.2 Å². The van der Waals surface area contributed by atoms with Crippen molar-refractivity contribution in [3.8, 4) is 0 Å². The van der Waals surface area contributed by atoms with E-state index in [-0.39, 0.29) is 12.0 Å². The van der Waals surface area contributed by atoms with Crippen LogP contribution < -0.4 is 4.90 Å². The Kier molecular flexibility index (Phi) is 3.57. The Balaban J connectivity index is 2.87. The number of anilines is 1. The number of alkyl halides is 1. The van der Waals surface area contributed by atoms with Crippen molar-refractivity contribution in [3.05, 3.63) is 5.89 Å². The highest BCUT2D eigenvalue weighted by atomic mass is 35.5. The van der Waals surface area contributed by atoms with E-state index in [0.29, 0.717) is 11.9 Å². The smallest absolute Gasteiger partial charge is 0.318 e. The molecule has 0 aliphatic rings. The molecule has 0 radical (unpaired) electrons. The monoisotopic (exact) mass is 233 g/mol. The highest BCUT2D eigenvalue weighted by Crippen LogP contribution is 2.24. The van der Waals surface area contributed by atoms with Crippen LogP contribution in [0.25, 0.3) is 0 Å². The van der Waals surface area contributed by atoms with E-state index in [0.717, 1.165) is 0 Å². The summed E-state index contributed by atoms with van der Waals surface area (Å²) in [5.41, 5.74) is -0.445. The van der Waals surface area contributed by atoms with Crippen molar-refractivity contribution in [1.29, 1.82) is 0 Å². The number of aliphatic hydroxyl groups is 1. The molecule has 1 N–H and O–H groups in total. The van der Waals surface area contributed by atoms with Gasteiger partial charge in [-0.3, -0.25) is 0 Å². The number of nitrogens with zero attached hydrogens (tertiary/aromatic N) is 3. The second-order valence-corrected chi connectivity index (χ2v) is 4.72. The largest absolute Gasteiger partial charge is 0.406 e. The van der Waals surface area contributed by atoms with Crippen molar-refractivity contribution >= 4 is 17.6 Å². The van der Waals surface area contributed by atoms with Gasteiger partial charge in [0, 0.05) is 7.05 Å². The third-order valence-electron chi connectivity index (χ3n) is 2.35. The summed E-state index contributed by atoms with van der Waals surface area (Å²) in [5, 5.41) is 16.6. The lowest BCUT2D eigenvalue weighted by Gasteiger charge is -2.31. The van der Waals surface area contributed by atoms with E-state index in [4.69, 9.17) is 16.0 Å². The van der Waals surface area contributed by atoms with Crippen LogP contribution in [0.5, 0.6) is 0 Å². The first-order chi connectivity index (χ1) is 6.88. The van der Waals surface area contributed by atoms with Gasteiger partial charge in [-0.05, 0) is 20.8 Å². The zero-order valence-electron chi connectivity index (χ0n) is 9.36. The van der Waals surface area contributed by atoms with Crippen molar-refractivity contribution in [2.75, 3.05) is 18.6 Å². The second kappa shape index (κ2) is 4.37. The fourth-order valence-corrected chi connectivity index (χ4v) is 0.976. The van der Waals surface area contributed by atoms with Crippen molar-refractivity contribution in [2.45, 2.75) is 31.7 Å². The van der Waals surface area contributed by atoms with Crippen LogP contribution in [0, 0.1) is 0 Å². The van der Waals surface area contributed by atoms with Gasteiger partial charge in [-0.15, -0.1) is 16.7 Å². The van der Waals surface area contributed by atoms with Crippen molar-refractivity contribution < 1.29 is 9.52 Å². The summed E-state index contributed by atoms with van der Waals surface area (Å²) in [5.74, 6) is 0.382. The molecule has 6 heteroatoms.